The van der Waals surface area contributed by atoms with Crippen molar-refractivity contribution in [3.63, 3.8) is 0 Å². The monoisotopic (exact) mass is 627 g/mol. The number of hydrogen-bond donors (Lipinski definition) is 0. The van der Waals surface area contributed by atoms with E-state index >= 15 is 0 Å². The Bertz CT molecular complexity index is 3.25. The van der Waals surface area contributed by atoms with Crippen LogP contribution in [0.4, 0.5) is 0 Å². The minimum atomic E-state index is 0. The Labute approximate surface area is 80.8 Å². The van der Waals surface area contributed by atoms with Gasteiger partial charge in [-0.05, 0) is 0 Å². The maximum atomic E-state index is 0. The molecule has 0 saturated heterocycles. The predicted octanol–water partition coefficient (Wildman–Crippen LogP) is -0.0100. The predicted molar refractivity (Wildman–Crippen MR) is 0 cm³/mol. The molecule has 0 bridgehead atoms. The number of rotatable bonds is 0. The second kappa shape index (κ2) is 17.4. The summed E-state index contributed by atoms with van der Waals surface area (Å²) < 4.78 is 0. The normalized spacial score (nSPS) is 0. The van der Waals surface area contributed by atoms with Gasteiger partial charge in [-0.15, -0.1) is 0 Å². The molecule has 0 aromatic heterocycles. The summed E-state index contributed by atoms with van der Waals surface area (Å²) in [6.45, 7) is 0. The van der Waals surface area contributed by atoms with E-state index < -0.39 is 0 Å². The van der Waals surface area contributed by atoms with Gasteiger partial charge < -0.3 is 0 Å². The van der Waals surface area contributed by atoms with Crippen LogP contribution < -0.4 is 0 Å². The van der Waals surface area contributed by atoms with Gasteiger partial charge in [0.15, 0.2) is 0 Å². The van der Waals surface area contributed by atoms with Crippen molar-refractivity contribution in [2.24, 2.45) is 0 Å². The zero-order valence-corrected chi connectivity index (χ0v) is 10.2. The topological polar surface area (TPSA) is 0 Å². The smallest absolute Gasteiger partial charge is 0 e. The first-order valence-corrected chi connectivity index (χ1v) is 0. The first-order valence-electron chi connectivity index (χ1n) is 0. The van der Waals surface area contributed by atoms with Crippen LogP contribution in [0.1, 0.15) is 0 Å². The summed E-state index contributed by atoms with van der Waals surface area (Å²) in [5.41, 5.74) is 0. The Balaban J connectivity index is 0. The maximum Gasteiger partial charge on any atom is 0 e. The first-order chi connectivity index (χ1) is 0. The molecule has 0 aliphatic carbocycles. The van der Waals surface area contributed by atoms with Crippen LogP contribution >= 0.6 is 0 Å². The van der Waals surface area contributed by atoms with E-state index in [-0.39, 0.29) is 82.0 Å². The van der Waals surface area contributed by atoms with E-state index in [2.05, 4.69) is 0 Å². The Kier molecular flexibility index (Phi) is 131. The Hall–Kier alpha value is 2.66. The fraction of sp³-hybridized carbons (Fsp3) is 0. The first kappa shape index (κ1) is 30.1. The molecule has 3 radical (unpaired) electrons. The third-order valence-electron chi connectivity index (χ3n) is 0. The van der Waals surface area contributed by atoms with E-state index in [4.69, 9.17) is 0 Å². The molecule has 0 aromatic rings. The van der Waals surface area contributed by atoms with Gasteiger partial charge in [-0.3, -0.25) is 0 Å². The molecule has 0 fully saturated rings. The quantitative estimate of drug-likeness (QED) is 0.333. The molecular formula is Ir3Ti. The summed E-state index contributed by atoms with van der Waals surface area (Å²) in [4.78, 5) is 0. The van der Waals surface area contributed by atoms with Crippen molar-refractivity contribution >= 4 is 0 Å². The van der Waals surface area contributed by atoms with E-state index in [1.165, 1.54) is 0 Å². The molecule has 0 nitrogen and oxygen atoms in total. The van der Waals surface area contributed by atoms with Gasteiger partial charge in [-0.2, -0.15) is 0 Å². The average Bonchev–Trinajstić information content (AvgIpc) is 0. The molecule has 0 unspecified atom stereocenters. The van der Waals surface area contributed by atoms with Crippen LogP contribution in [-0.4, -0.2) is 0 Å². The van der Waals surface area contributed by atoms with Gasteiger partial charge in [0, 0.05) is 82.0 Å². The summed E-state index contributed by atoms with van der Waals surface area (Å²) in [6, 6.07) is 0. The van der Waals surface area contributed by atoms with Crippen molar-refractivity contribution < 1.29 is 82.0 Å². The molecule has 4 heavy (non-hydrogen) atoms. The van der Waals surface area contributed by atoms with Gasteiger partial charge in [0.05, 0.1) is 0 Å². The van der Waals surface area contributed by atoms with Gasteiger partial charge in [0.1, 0.15) is 0 Å². The SMILES string of the molecule is [Ir].[Ir].[Ir].[Ti]. The van der Waals surface area contributed by atoms with Crippen molar-refractivity contribution in [2.75, 3.05) is 0 Å². The summed E-state index contributed by atoms with van der Waals surface area (Å²) in [5.74, 6) is 0. The maximum absolute atomic E-state index is 0. The Morgan fingerprint density at radius 1 is 0.500 bits per heavy atom. The van der Waals surface area contributed by atoms with Gasteiger partial charge in [-0.1, -0.05) is 0 Å². The van der Waals surface area contributed by atoms with E-state index in [0.717, 1.165) is 0 Å². The second-order valence-corrected chi connectivity index (χ2v) is 0. The van der Waals surface area contributed by atoms with Crippen LogP contribution in [0, 0.1) is 0 Å². The molecule has 0 aromatic carbocycles. The molecule has 0 amide bonds. The second-order valence-electron chi connectivity index (χ2n) is 0. The van der Waals surface area contributed by atoms with Crippen LogP contribution in [0.15, 0.2) is 0 Å². The summed E-state index contributed by atoms with van der Waals surface area (Å²) in [6.07, 6.45) is 0. The van der Waals surface area contributed by atoms with Gasteiger partial charge in [0.25, 0.3) is 0 Å². The average molecular weight is 625 g/mol. The molecule has 0 aliphatic rings. The fourth-order valence-electron chi connectivity index (χ4n) is 0. The van der Waals surface area contributed by atoms with E-state index in [1.807, 2.05) is 0 Å². The largest absolute Gasteiger partial charge is 0 e. The summed E-state index contributed by atoms with van der Waals surface area (Å²) in [7, 11) is 0. The molecule has 0 heterocycles. The van der Waals surface area contributed by atoms with Crippen LogP contribution in [0.3, 0.4) is 0 Å². The molecular weight excluding hydrogens is 625 g/mol. The van der Waals surface area contributed by atoms with Crippen molar-refractivity contribution in [3.05, 3.63) is 0 Å². The third-order valence-corrected chi connectivity index (χ3v) is 0. The van der Waals surface area contributed by atoms with Crippen molar-refractivity contribution in [1.29, 1.82) is 0 Å². The van der Waals surface area contributed by atoms with Crippen LogP contribution in [-0.2, 0) is 82.0 Å². The summed E-state index contributed by atoms with van der Waals surface area (Å²) in [5, 5.41) is 0. The van der Waals surface area contributed by atoms with E-state index in [0.29, 0.717) is 0 Å². The molecule has 31 valence electrons. The van der Waals surface area contributed by atoms with E-state index in [9.17, 15) is 0 Å². The van der Waals surface area contributed by atoms with Crippen molar-refractivity contribution in [1.82, 2.24) is 0 Å². The Morgan fingerprint density at radius 2 is 0.500 bits per heavy atom. The van der Waals surface area contributed by atoms with Gasteiger partial charge in [0.2, 0.25) is 0 Å². The fourth-order valence-corrected chi connectivity index (χ4v) is 0. The zero-order chi connectivity index (χ0) is 0. The molecule has 0 spiro atoms. The molecule has 0 rings (SSSR count). The molecule has 0 N–H and O–H groups in total. The van der Waals surface area contributed by atoms with Crippen LogP contribution in [0.5, 0.6) is 0 Å². The third kappa shape index (κ3) is 8.82. The standard InChI is InChI=1S/3Ir.Ti. The molecule has 0 atom stereocenters. The van der Waals surface area contributed by atoms with Crippen LogP contribution in [0.2, 0.25) is 0 Å². The van der Waals surface area contributed by atoms with Gasteiger partial charge in [-0.25, -0.2) is 0 Å². The molecule has 0 saturated carbocycles. The van der Waals surface area contributed by atoms with Crippen molar-refractivity contribution in [3.8, 4) is 0 Å². The molecule has 4 heteroatoms. The summed E-state index contributed by atoms with van der Waals surface area (Å²) >= 11 is 0. The minimum Gasteiger partial charge on any atom is 0 e. The van der Waals surface area contributed by atoms with Gasteiger partial charge >= 0.3 is 0 Å². The molecule has 0 aliphatic heterocycles. The van der Waals surface area contributed by atoms with E-state index in [1.54, 1.807) is 0 Å². The number of hydrogen-bond acceptors (Lipinski definition) is 0. The van der Waals surface area contributed by atoms with Crippen LogP contribution in [0.25, 0.3) is 0 Å². The zero-order valence-electron chi connectivity index (χ0n) is 1.50. The Morgan fingerprint density at radius 3 is 0.500 bits per heavy atom. The minimum absolute atomic E-state index is 0. The van der Waals surface area contributed by atoms with Crippen molar-refractivity contribution in [2.45, 2.75) is 0 Å².